The summed E-state index contributed by atoms with van der Waals surface area (Å²) in [6, 6.07) is 2.78. The highest BCUT2D eigenvalue weighted by Gasteiger charge is 2.13. The summed E-state index contributed by atoms with van der Waals surface area (Å²) in [5.74, 6) is 0.0790. The Hall–Kier alpha value is -0.000000000000000111. The molecule has 0 spiro atoms. The topological polar surface area (TPSA) is 66.5 Å². The maximum Gasteiger partial charge on any atom is 0.134 e. The van der Waals surface area contributed by atoms with Crippen LogP contribution in [0.1, 0.15) is 18.0 Å². The van der Waals surface area contributed by atoms with Crippen LogP contribution in [0.25, 0.3) is 0 Å². The minimum absolute atomic E-state index is 0. The maximum atomic E-state index is 9.65. The van der Waals surface area contributed by atoms with Crippen LogP contribution in [0.3, 0.4) is 0 Å². The first-order valence-corrected chi connectivity index (χ1v) is 5.27. The van der Waals surface area contributed by atoms with Crippen LogP contribution in [0.4, 0.5) is 0 Å². The quantitative estimate of drug-likeness (QED) is 0.803. The van der Waals surface area contributed by atoms with E-state index in [1.807, 2.05) is 0 Å². The van der Waals surface area contributed by atoms with Gasteiger partial charge in [0.15, 0.2) is 0 Å². The Kier molecular flexibility index (Phi) is 6.55. The number of rotatable bonds is 3. The third-order valence-corrected chi connectivity index (χ3v) is 2.72. The molecule has 0 bridgehead atoms. The molecule has 0 aliphatic heterocycles. The van der Waals surface area contributed by atoms with Gasteiger partial charge >= 0.3 is 0 Å². The summed E-state index contributed by atoms with van der Waals surface area (Å²) in [7, 11) is 0. The second-order valence-electron chi connectivity index (χ2n) is 2.94. The van der Waals surface area contributed by atoms with Crippen LogP contribution < -0.4 is 5.73 Å². The third kappa shape index (κ3) is 3.81. The van der Waals surface area contributed by atoms with Crippen LogP contribution in [-0.4, -0.2) is 16.8 Å². The molecule has 1 aromatic rings. The molecular weight excluding hydrogens is 305 g/mol. The van der Waals surface area contributed by atoms with Crippen molar-refractivity contribution >= 4 is 39.9 Å². The van der Waals surface area contributed by atoms with Crippen molar-refractivity contribution < 1.29 is 10.2 Å². The number of benzene rings is 1. The molecule has 0 radical (unpaired) electrons. The third-order valence-electron chi connectivity index (χ3n) is 1.90. The van der Waals surface area contributed by atoms with E-state index in [0.29, 0.717) is 21.5 Å². The lowest BCUT2D eigenvalue weighted by Gasteiger charge is -2.13. The molecule has 86 valence electrons. The predicted molar refractivity (Wildman–Crippen MR) is 66.7 cm³/mol. The van der Waals surface area contributed by atoms with E-state index in [-0.39, 0.29) is 24.8 Å². The lowest BCUT2D eigenvalue weighted by molar-refractivity contribution is 0.275. The molecule has 1 rings (SSSR count). The van der Waals surface area contributed by atoms with Gasteiger partial charge in [-0.15, -0.1) is 12.4 Å². The number of aliphatic hydroxyl groups is 1. The van der Waals surface area contributed by atoms with Crippen molar-refractivity contribution in [2.45, 2.75) is 12.5 Å². The highest BCUT2D eigenvalue weighted by molar-refractivity contribution is 9.10. The summed E-state index contributed by atoms with van der Waals surface area (Å²) >= 11 is 8.97. The number of halogens is 3. The van der Waals surface area contributed by atoms with Gasteiger partial charge in [0.2, 0.25) is 0 Å². The van der Waals surface area contributed by atoms with Gasteiger partial charge in [-0.3, -0.25) is 0 Å². The largest absolute Gasteiger partial charge is 0.506 e. The van der Waals surface area contributed by atoms with Crippen molar-refractivity contribution in [2.75, 3.05) is 6.61 Å². The van der Waals surface area contributed by atoms with Crippen molar-refractivity contribution in [3.63, 3.8) is 0 Å². The number of hydrogen-bond donors (Lipinski definition) is 3. The molecule has 0 aliphatic rings. The number of aliphatic hydroxyl groups excluding tert-OH is 1. The lowest BCUT2D eigenvalue weighted by Crippen LogP contribution is -2.12. The van der Waals surface area contributed by atoms with Gasteiger partial charge in [0.25, 0.3) is 0 Å². The van der Waals surface area contributed by atoms with Gasteiger partial charge in [0.1, 0.15) is 5.75 Å². The minimum atomic E-state index is -0.407. The Morgan fingerprint density at radius 3 is 2.60 bits per heavy atom. The molecule has 4 N–H and O–H groups in total. The maximum absolute atomic E-state index is 9.65. The molecule has 0 aliphatic carbocycles. The number of phenolic OH excluding ortho intramolecular Hbond substituents is 1. The Bertz CT molecular complexity index is 336. The fourth-order valence-corrected chi connectivity index (χ4v) is 2.00. The molecule has 0 amide bonds. The highest BCUT2D eigenvalue weighted by atomic mass is 79.9. The van der Waals surface area contributed by atoms with E-state index in [0.717, 1.165) is 0 Å². The summed E-state index contributed by atoms with van der Waals surface area (Å²) < 4.78 is 0.508. The molecule has 0 heterocycles. The van der Waals surface area contributed by atoms with Gasteiger partial charge in [-0.25, -0.2) is 0 Å². The number of aromatic hydroxyl groups is 1. The molecule has 15 heavy (non-hydrogen) atoms. The Labute approximate surface area is 108 Å². The predicted octanol–water partition coefficient (Wildman–Crippen LogP) is 2.61. The number of phenols is 1. The van der Waals surface area contributed by atoms with Crippen LogP contribution in [0.15, 0.2) is 16.6 Å². The van der Waals surface area contributed by atoms with E-state index < -0.39 is 6.04 Å². The summed E-state index contributed by atoms with van der Waals surface area (Å²) in [5, 5.41) is 18.9. The molecule has 0 unspecified atom stereocenters. The SMILES string of the molecule is Cl.N[C@H](CCO)c1cc(Cl)cc(Br)c1O. The van der Waals surface area contributed by atoms with E-state index in [9.17, 15) is 5.11 Å². The molecule has 0 saturated heterocycles. The summed E-state index contributed by atoms with van der Waals surface area (Å²) in [5.41, 5.74) is 6.28. The molecular formula is C9H12BrCl2NO2. The van der Waals surface area contributed by atoms with E-state index in [4.69, 9.17) is 22.4 Å². The van der Waals surface area contributed by atoms with Crippen molar-refractivity contribution in [3.05, 3.63) is 27.2 Å². The van der Waals surface area contributed by atoms with Gasteiger partial charge in [-0.1, -0.05) is 11.6 Å². The molecule has 0 aromatic heterocycles. The van der Waals surface area contributed by atoms with E-state index in [1.54, 1.807) is 12.1 Å². The zero-order valence-corrected chi connectivity index (χ0v) is 10.9. The first-order valence-electron chi connectivity index (χ1n) is 4.10. The van der Waals surface area contributed by atoms with E-state index in [1.165, 1.54) is 0 Å². The number of hydrogen-bond acceptors (Lipinski definition) is 3. The van der Waals surface area contributed by atoms with Crippen LogP contribution >= 0.6 is 39.9 Å². The smallest absolute Gasteiger partial charge is 0.134 e. The van der Waals surface area contributed by atoms with Crippen molar-refractivity contribution in [3.8, 4) is 5.75 Å². The van der Waals surface area contributed by atoms with Gasteiger partial charge in [0, 0.05) is 23.2 Å². The van der Waals surface area contributed by atoms with Gasteiger partial charge in [-0.2, -0.15) is 0 Å². The summed E-state index contributed by atoms with van der Waals surface area (Å²) in [6.45, 7) is -0.0231. The van der Waals surface area contributed by atoms with Crippen LogP contribution in [0.2, 0.25) is 5.02 Å². The second kappa shape index (κ2) is 6.55. The van der Waals surface area contributed by atoms with Crippen molar-refractivity contribution in [2.24, 2.45) is 5.73 Å². The first-order chi connectivity index (χ1) is 6.56. The normalized spacial score (nSPS) is 12.0. The van der Waals surface area contributed by atoms with Crippen LogP contribution in [0.5, 0.6) is 5.75 Å². The summed E-state index contributed by atoms with van der Waals surface area (Å²) in [6.07, 6.45) is 0.389. The lowest BCUT2D eigenvalue weighted by atomic mass is 10.0. The monoisotopic (exact) mass is 315 g/mol. The standard InChI is InChI=1S/C9H11BrClNO2.ClH/c10-7-4-5(11)3-6(9(7)14)8(12)1-2-13;/h3-4,8,13-14H,1-2,12H2;1H/t8-;/m1./s1. The van der Waals surface area contributed by atoms with Gasteiger partial charge < -0.3 is 15.9 Å². The molecule has 1 atom stereocenters. The molecule has 3 nitrogen and oxygen atoms in total. The van der Waals surface area contributed by atoms with Crippen molar-refractivity contribution in [1.29, 1.82) is 0 Å². The second-order valence-corrected chi connectivity index (χ2v) is 4.23. The van der Waals surface area contributed by atoms with Gasteiger partial charge in [0.05, 0.1) is 4.47 Å². The molecule has 0 fully saturated rings. The molecule has 0 saturated carbocycles. The van der Waals surface area contributed by atoms with Crippen LogP contribution in [0, 0.1) is 0 Å². The highest BCUT2D eigenvalue weighted by Crippen LogP contribution is 2.35. The van der Waals surface area contributed by atoms with Crippen molar-refractivity contribution in [1.82, 2.24) is 0 Å². The van der Waals surface area contributed by atoms with Gasteiger partial charge in [-0.05, 0) is 34.5 Å². The first kappa shape index (κ1) is 15.0. The Balaban J connectivity index is 0.00000196. The zero-order valence-electron chi connectivity index (χ0n) is 7.78. The molecule has 6 heteroatoms. The average Bonchev–Trinajstić information content (AvgIpc) is 2.11. The average molecular weight is 317 g/mol. The van der Waals surface area contributed by atoms with E-state index in [2.05, 4.69) is 15.9 Å². The fourth-order valence-electron chi connectivity index (χ4n) is 1.16. The van der Waals surface area contributed by atoms with Crippen LogP contribution in [-0.2, 0) is 0 Å². The van der Waals surface area contributed by atoms with E-state index >= 15 is 0 Å². The zero-order chi connectivity index (χ0) is 10.7. The Morgan fingerprint density at radius 2 is 2.07 bits per heavy atom. The minimum Gasteiger partial charge on any atom is -0.506 e. The summed E-state index contributed by atoms with van der Waals surface area (Å²) in [4.78, 5) is 0. The number of nitrogens with two attached hydrogens (primary N) is 1. The Morgan fingerprint density at radius 1 is 1.47 bits per heavy atom. The fraction of sp³-hybridized carbons (Fsp3) is 0.333. The molecule has 1 aromatic carbocycles.